The topological polar surface area (TPSA) is 108 Å². The van der Waals surface area contributed by atoms with Gasteiger partial charge in [-0.15, -0.1) is 0 Å². The average molecular weight is 713 g/mol. The minimum Gasteiger partial charge on any atom is -0.462 e. The standard InChI is InChI=1S/C40H73O8P/c1-4-6-8-10-12-14-16-18-20-22-24-26-28-30-32-34-39(41)46-36-38(37-47-49(43,44)45-3)48-40(42)35-33-31-29-27-25-23-21-19-17-15-13-11-9-7-5-2/h13,15,18-21,38H,4-12,14,16-17,22-37H2,1-3H3,(H,43,44)/b15-13-,20-18-,21-19-. The van der Waals surface area contributed by atoms with Crippen LogP contribution in [0, 0.1) is 0 Å². The summed E-state index contributed by atoms with van der Waals surface area (Å²) in [5.41, 5.74) is 0. The molecule has 286 valence electrons. The Labute approximate surface area is 300 Å². The van der Waals surface area contributed by atoms with Crippen molar-refractivity contribution in [3.05, 3.63) is 36.5 Å². The van der Waals surface area contributed by atoms with Gasteiger partial charge in [-0.3, -0.25) is 18.6 Å². The van der Waals surface area contributed by atoms with E-state index in [0.717, 1.165) is 84.2 Å². The number of allylic oxidation sites excluding steroid dienone is 6. The lowest BCUT2D eigenvalue weighted by Crippen LogP contribution is -2.29. The quantitative estimate of drug-likeness (QED) is 0.0296. The smallest absolute Gasteiger partial charge is 0.462 e. The van der Waals surface area contributed by atoms with Crippen molar-refractivity contribution in [1.29, 1.82) is 0 Å². The summed E-state index contributed by atoms with van der Waals surface area (Å²) in [5, 5.41) is 0. The molecule has 0 saturated carbocycles. The van der Waals surface area contributed by atoms with E-state index >= 15 is 0 Å². The van der Waals surface area contributed by atoms with Gasteiger partial charge in [-0.1, -0.05) is 134 Å². The number of unbranched alkanes of at least 4 members (excludes halogenated alkanes) is 19. The fourth-order valence-electron chi connectivity index (χ4n) is 5.27. The van der Waals surface area contributed by atoms with E-state index in [1.807, 2.05) is 0 Å². The lowest BCUT2D eigenvalue weighted by Gasteiger charge is -2.19. The molecule has 0 aromatic heterocycles. The zero-order valence-electron chi connectivity index (χ0n) is 31.6. The molecule has 0 aromatic carbocycles. The second kappa shape index (κ2) is 36.1. The minimum absolute atomic E-state index is 0.227. The molecule has 0 aliphatic rings. The molecule has 2 atom stereocenters. The number of carbonyl (C=O) groups is 2. The Kier molecular flexibility index (Phi) is 34.8. The number of esters is 2. The molecule has 9 heteroatoms. The Bertz CT molecular complexity index is 901. The summed E-state index contributed by atoms with van der Waals surface area (Å²) < 4.78 is 31.9. The third-order valence-corrected chi connectivity index (χ3v) is 9.29. The first-order valence-electron chi connectivity index (χ1n) is 19.7. The molecule has 0 heterocycles. The number of ether oxygens (including phenoxy) is 2. The van der Waals surface area contributed by atoms with Crippen LogP contribution in [-0.2, 0) is 32.7 Å². The average Bonchev–Trinajstić information content (AvgIpc) is 3.09. The molecule has 2 unspecified atom stereocenters. The number of carbonyl (C=O) groups excluding carboxylic acids is 2. The van der Waals surface area contributed by atoms with Crippen molar-refractivity contribution in [3.8, 4) is 0 Å². The highest BCUT2D eigenvalue weighted by Gasteiger charge is 2.24. The van der Waals surface area contributed by atoms with Gasteiger partial charge in [0.1, 0.15) is 6.61 Å². The Balaban J connectivity index is 4.08. The molecular formula is C40H73O8P. The predicted octanol–water partition coefficient (Wildman–Crippen LogP) is 12.1. The van der Waals surface area contributed by atoms with Gasteiger partial charge in [0.05, 0.1) is 6.61 Å². The summed E-state index contributed by atoms with van der Waals surface area (Å²) >= 11 is 0. The molecule has 0 bridgehead atoms. The highest BCUT2D eigenvalue weighted by molar-refractivity contribution is 7.47. The third-order valence-electron chi connectivity index (χ3n) is 8.36. The van der Waals surface area contributed by atoms with E-state index in [-0.39, 0.29) is 25.4 Å². The van der Waals surface area contributed by atoms with Gasteiger partial charge in [0.15, 0.2) is 6.10 Å². The minimum atomic E-state index is -4.26. The van der Waals surface area contributed by atoms with Gasteiger partial charge in [0, 0.05) is 20.0 Å². The molecule has 0 amide bonds. The van der Waals surface area contributed by atoms with Crippen molar-refractivity contribution in [3.63, 3.8) is 0 Å². The number of hydrogen-bond acceptors (Lipinski definition) is 7. The van der Waals surface area contributed by atoms with Crippen LogP contribution >= 0.6 is 7.82 Å². The van der Waals surface area contributed by atoms with Crippen LogP contribution in [0.15, 0.2) is 36.5 Å². The van der Waals surface area contributed by atoms with Crippen LogP contribution in [0.25, 0.3) is 0 Å². The van der Waals surface area contributed by atoms with Gasteiger partial charge in [-0.25, -0.2) is 4.57 Å². The van der Waals surface area contributed by atoms with E-state index < -0.39 is 26.5 Å². The van der Waals surface area contributed by atoms with Crippen LogP contribution in [0.1, 0.15) is 181 Å². The van der Waals surface area contributed by atoms with Crippen molar-refractivity contribution < 1.29 is 37.6 Å². The maximum atomic E-state index is 12.5. The van der Waals surface area contributed by atoms with Crippen LogP contribution in [0.3, 0.4) is 0 Å². The molecule has 0 aliphatic heterocycles. The van der Waals surface area contributed by atoms with Gasteiger partial charge < -0.3 is 14.4 Å². The fourth-order valence-corrected chi connectivity index (χ4v) is 5.73. The van der Waals surface area contributed by atoms with Crippen molar-refractivity contribution in [1.82, 2.24) is 0 Å². The van der Waals surface area contributed by atoms with Gasteiger partial charge >= 0.3 is 19.8 Å². The molecule has 0 aromatic rings. The molecule has 0 saturated heterocycles. The molecule has 0 aliphatic carbocycles. The zero-order chi connectivity index (χ0) is 36.1. The second-order valence-electron chi connectivity index (χ2n) is 13.1. The number of phosphoric acid groups is 1. The van der Waals surface area contributed by atoms with Crippen molar-refractivity contribution in [2.45, 2.75) is 187 Å². The first-order valence-corrected chi connectivity index (χ1v) is 21.2. The number of phosphoric ester groups is 1. The number of rotatable bonds is 36. The first-order chi connectivity index (χ1) is 23.8. The number of hydrogen-bond donors (Lipinski definition) is 1. The monoisotopic (exact) mass is 713 g/mol. The highest BCUT2D eigenvalue weighted by atomic mass is 31.2. The molecule has 1 N–H and O–H groups in total. The van der Waals surface area contributed by atoms with Crippen LogP contribution in [-0.4, -0.2) is 43.3 Å². The Morgan fingerprint density at radius 1 is 0.571 bits per heavy atom. The fraction of sp³-hybridized carbons (Fsp3) is 0.800. The Hall–Kier alpha value is -1.73. The molecule has 49 heavy (non-hydrogen) atoms. The summed E-state index contributed by atoms with van der Waals surface area (Å²) in [6, 6.07) is 0. The van der Waals surface area contributed by atoms with E-state index in [9.17, 15) is 19.0 Å². The molecule has 0 spiro atoms. The SMILES string of the molecule is CCCCC/C=C\C/C=C\CCCCCCCC(=O)OC(COC(=O)CCCCCCC/C=C\CCCCCCCC)COP(=O)(O)OC. The summed E-state index contributed by atoms with van der Waals surface area (Å²) in [6.45, 7) is 3.83. The largest absolute Gasteiger partial charge is 0.472 e. The molecule has 8 nitrogen and oxygen atoms in total. The van der Waals surface area contributed by atoms with Gasteiger partial charge in [-0.2, -0.15) is 0 Å². The normalized spacial score (nSPS) is 13.8. The molecular weight excluding hydrogens is 639 g/mol. The summed E-state index contributed by atoms with van der Waals surface area (Å²) in [4.78, 5) is 34.3. The first kappa shape index (κ1) is 47.3. The van der Waals surface area contributed by atoms with E-state index in [0.29, 0.717) is 6.42 Å². The highest BCUT2D eigenvalue weighted by Crippen LogP contribution is 2.42. The van der Waals surface area contributed by atoms with E-state index in [1.165, 1.54) is 70.6 Å². The van der Waals surface area contributed by atoms with Crippen LogP contribution in [0.5, 0.6) is 0 Å². The summed E-state index contributed by atoms with van der Waals surface area (Å²) in [5.74, 6) is -0.830. The van der Waals surface area contributed by atoms with Gasteiger partial charge in [0.25, 0.3) is 0 Å². The Morgan fingerprint density at radius 3 is 1.49 bits per heavy atom. The van der Waals surface area contributed by atoms with Gasteiger partial charge in [-0.05, 0) is 70.6 Å². The van der Waals surface area contributed by atoms with E-state index in [1.54, 1.807) is 0 Å². The molecule has 0 fully saturated rings. The second-order valence-corrected chi connectivity index (χ2v) is 14.6. The lowest BCUT2D eigenvalue weighted by molar-refractivity contribution is -0.161. The van der Waals surface area contributed by atoms with Crippen molar-refractivity contribution in [2.24, 2.45) is 0 Å². The van der Waals surface area contributed by atoms with Crippen molar-refractivity contribution in [2.75, 3.05) is 20.3 Å². The summed E-state index contributed by atoms with van der Waals surface area (Å²) in [6.07, 6.45) is 40.5. The molecule has 0 rings (SSSR count). The van der Waals surface area contributed by atoms with Crippen LogP contribution < -0.4 is 0 Å². The van der Waals surface area contributed by atoms with Crippen molar-refractivity contribution >= 4 is 19.8 Å². The maximum Gasteiger partial charge on any atom is 0.472 e. The van der Waals surface area contributed by atoms with Crippen LogP contribution in [0.4, 0.5) is 0 Å². The van der Waals surface area contributed by atoms with E-state index in [2.05, 4.69) is 54.8 Å². The van der Waals surface area contributed by atoms with Gasteiger partial charge in [0.2, 0.25) is 0 Å². The maximum absolute atomic E-state index is 12.5. The van der Waals surface area contributed by atoms with E-state index in [4.69, 9.17) is 14.0 Å². The predicted molar refractivity (Wildman–Crippen MR) is 202 cm³/mol. The lowest BCUT2D eigenvalue weighted by atomic mass is 10.1. The molecule has 0 radical (unpaired) electrons. The van der Waals surface area contributed by atoms with Crippen LogP contribution in [0.2, 0.25) is 0 Å². The third kappa shape index (κ3) is 35.9. The zero-order valence-corrected chi connectivity index (χ0v) is 32.5. The Morgan fingerprint density at radius 2 is 0.980 bits per heavy atom. The summed E-state index contributed by atoms with van der Waals surface area (Å²) in [7, 11) is -3.21.